The molecule has 0 spiro atoms. The maximum Gasteiger partial charge on any atom is 0.264 e. The SMILES string of the molecule is O=C(NCCn1ncc2c(=O)n(Cc3cccc(F)c3)cnc21)c1ccc(Cl)cc1Cl. The van der Waals surface area contributed by atoms with Gasteiger partial charge in [-0.25, -0.2) is 14.1 Å². The second kappa shape index (κ2) is 8.87. The number of amides is 1. The molecular weight excluding hydrogens is 444 g/mol. The van der Waals surface area contributed by atoms with Gasteiger partial charge in [0.1, 0.15) is 17.5 Å². The summed E-state index contributed by atoms with van der Waals surface area (Å²) in [6.07, 6.45) is 2.84. The van der Waals surface area contributed by atoms with E-state index in [1.807, 2.05) is 0 Å². The Morgan fingerprint density at radius 3 is 2.77 bits per heavy atom. The van der Waals surface area contributed by atoms with Crippen molar-refractivity contribution in [3.8, 4) is 0 Å². The lowest BCUT2D eigenvalue weighted by molar-refractivity contribution is 0.0952. The Bertz CT molecular complexity index is 1340. The van der Waals surface area contributed by atoms with Gasteiger partial charge in [-0.2, -0.15) is 5.10 Å². The van der Waals surface area contributed by atoms with Crippen LogP contribution in [0.2, 0.25) is 10.0 Å². The Balaban J connectivity index is 1.46. The van der Waals surface area contributed by atoms with Crippen molar-refractivity contribution in [2.24, 2.45) is 0 Å². The van der Waals surface area contributed by atoms with E-state index in [4.69, 9.17) is 23.2 Å². The molecule has 2 aromatic carbocycles. The first kappa shape index (κ1) is 21.0. The summed E-state index contributed by atoms with van der Waals surface area (Å²) >= 11 is 11.9. The van der Waals surface area contributed by atoms with Gasteiger partial charge in [-0.15, -0.1) is 0 Å². The van der Waals surface area contributed by atoms with Gasteiger partial charge >= 0.3 is 0 Å². The number of nitrogens with one attached hydrogen (secondary N) is 1. The van der Waals surface area contributed by atoms with E-state index >= 15 is 0 Å². The quantitative estimate of drug-likeness (QED) is 0.478. The van der Waals surface area contributed by atoms with Crippen LogP contribution in [0.1, 0.15) is 15.9 Å². The zero-order valence-corrected chi connectivity index (χ0v) is 17.6. The number of benzene rings is 2. The Labute approximate surface area is 186 Å². The molecule has 31 heavy (non-hydrogen) atoms. The Kier molecular flexibility index (Phi) is 6.01. The van der Waals surface area contributed by atoms with E-state index in [-0.39, 0.29) is 35.4 Å². The van der Waals surface area contributed by atoms with Crippen LogP contribution >= 0.6 is 23.2 Å². The summed E-state index contributed by atoms with van der Waals surface area (Å²) in [5.41, 5.74) is 1.09. The molecule has 1 N–H and O–H groups in total. The number of halogens is 3. The van der Waals surface area contributed by atoms with E-state index in [0.717, 1.165) is 0 Å². The van der Waals surface area contributed by atoms with Gasteiger partial charge in [0.05, 0.1) is 29.9 Å². The summed E-state index contributed by atoms with van der Waals surface area (Å²) in [5.74, 6) is -0.710. The van der Waals surface area contributed by atoms with Gasteiger partial charge in [-0.05, 0) is 35.9 Å². The van der Waals surface area contributed by atoms with Crippen LogP contribution in [0.15, 0.2) is 59.8 Å². The first-order valence-corrected chi connectivity index (χ1v) is 10.1. The summed E-state index contributed by atoms with van der Waals surface area (Å²) in [7, 11) is 0. The van der Waals surface area contributed by atoms with Gasteiger partial charge in [-0.1, -0.05) is 35.3 Å². The first-order chi connectivity index (χ1) is 14.9. The Morgan fingerprint density at radius 1 is 1.16 bits per heavy atom. The summed E-state index contributed by atoms with van der Waals surface area (Å²) in [4.78, 5) is 29.4. The molecule has 0 aliphatic heterocycles. The number of nitrogens with zero attached hydrogens (tertiary/aromatic N) is 4. The van der Waals surface area contributed by atoms with E-state index in [1.165, 1.54) is 40.0 Å². The fourth-order valence-corrected chi connectivity index (χ4v) is 3.64. The molecule has 10 heteroatoms. The molecule has 0 atom stereocenters. The molecule has 0 saturated heterocycles. The van der Waals surface area contributed by atoms with Gasteiger partial charge in [0.25, 0.3) is 11.5 Å². The molecule has 2 heterocycles. The molecule has 2 aromatic heterocycles. The minimum atomic E-state index is -0.366. The van der Waals surface area contributed by atoms with Crippen LogP contribution in [0.25, 0.3) is 11.0 Å². The molecule has 0 bridgehead atoms. The minimum Gasteiger partial charge on any atom is -0.350 e. The smallest absolute Gasteiger partial charge is 0.264 e. The van der Waals surface area contributed by atoms with Crippen LogP contribution < -0.4 is 10.9 Å². The average Bonchev–Trinajstić information content (AvgIpc) is 3.14. The van der Waals surface area contributed by atoms with Crippen LogP contribution in [0, 0.1) is 5.82 Å². The van der Waals surface area contributed by atoms with Crippen LogP contribution in [0.3, 0.4) is 0 Å². The zero-order valence-electron chi connectivity index (χ0n) is 16.1. The summed E-state index contributed by atoms with van der Waals surface area (Å²) in [6, 6.07) is 10.7. The molecule has 4 rings (SSSR count). The highest BCUT2D eigenvalue weighted by Gasteiger charge is 2.13. The normalized spacial score (nSPS) is 11.1. The second-order valence-electron chi connectivity index (χ2n) is 6.79. The van der Waals surface area contributed by atoms with Gasteiger partial charge in [-0.3, -0.25) is 14.2 Å². The molecule has 0 unspecified atom stereocenters. The third-order valence-corrected chi connectivity index (χ3v) is 5.20. The van der Waals surface area contributed by atoms with Crippen LogP contribution in [0.4, 0.5) is 4.39 Å². The largest absolute Gasteiger partial charge is 0.350 e. The van der Waals surface area contributed by atoms with Crippen molar-refractivity contribution in [1.82, 2.24) is 24.6 Å². The second-order valence-corrected chi connectivity index (χ2v) is 7.64. The lowest BCUT2D eigenvalue weighted by Gasteiger charge is -2.08. The molecule has 0 aliphatic rings. The monoisotopic (exact) mass is 459 g/mol. The topological polar surface area (TPSA) is 81.8 Å². The predicted molar refractivity (Wildman–Crippen MR) is 116 cm³/mol. The molecule has 1 amide bonds. The fraction of sp³-hybridized carbons (Fsp3) is 0.143. The van der Waals surface area contributed by atoms with Crippen molar-refractivity contribution < 1.29 is 9.18 Å². The van der Waals surface area contributed by atoms with Crippen LogP contribution in [-0.4, -0.2) is 31.8 Å². The van der Waals surface area contributed by atoms with Crippen molar-refractivity contribution >= 4 is 40.1 Å². The molecule has 4 aromatic rings. The molecule has 7 nitrogen and oxygen atoms in total. The molecular formula is C21H16Cl2FN5O2. The average molecular weight is 460 g/mol. The standard InChI is InChI=1S/C21H16Cl2FN5O2/c22-14-4-5-16(18(23)9-14)20(30)25-6-7-29-19-17(10-27-29)21(31)28(12-26-19)11-13-2-1-3-15(24)8-13/h1-5,8-10,12H,6-7,11H2,(H,25,30). The predicted octanol–water partition coefficient (Wildman–Crippen LogP) is 3.52. The number of rotatable bonds is 6. The highest BCUT2D eigenvalue weighted by atomic mass is 35.5. The van der Waals surface area contributed by atoms with E-state index in [9.17, 15) is 14.0 Å². The van der Waals surface area contributed by atoms with Crippen LogP contribution in [0.5, 0.6) is 0 Å². The lowest BCUT2D eigenvalue weighted by Crippen LogP contribution is -2.28. The summed E-state index contributed by atoms with van der Waals surface area (Å²) in [6.45, 7) is 0.756. The number of aromatic nitrogens is 4. The van der Waals surface area contributed by atoms with E-state index in [2.05, 4.69) is 15.4 Å². The lowest BCUT2D eigenvalue weighted by atomic mass is 10.2. The first-order valence-electron chi connectivity index (χ1n) is 9.31. The van der Waals surface area contributed by atoms with Crippen molar-refractivity contribution in [2.75, 3.05) is 6.54 Å². The van der Waals surface area contributed by atoms with Crippen molar-refractivity contribution in [3.05, 3.63) is 92.3 Å². The van der Waals surface area contributed by atoms with E-state index < -0.39 is 0 Å². The molecule has 0 saturated carbocycles. The van der Waals surface area contributed by atoms with Gasteiger partial charge in [0, 0.05) is 11.6 Å². The highest BCUT2D eigenvalue weighted by molar-refractivity contribution is 6.36. The molecule has 0 radical (unpaired) electrons. The zero-order chi connectivity index (χ0) is 22.0. The number of fused-ring (bicyclic) bond motifs is 1. The third kappa shape index (κ3) is 4.60. The minimum absolute atomic E-state index is 0.197. The van der Waals surface area contributed by atoms with E-state index in [1.54, 1.807) is 24.3 Å². The van der Waals surface area contributed by atoms with Gasteiger partial charge < -0.3 is 5.32 Å². The van der Waals surface area contributed by atoms with Crippen molar-refractivity contribution in [2.45, 2.75) is 13.1 Å². The summed E-state index contributed by atoms with van der Waals surface area (Å²) < 4.78 is 16.3. The third-order valence-electron chi connectivity index (χ3n) is 4.65. The number of carbonyl (C=O) groups is 1. The Morgan fingerprint density at radius 2 is 2.00 bits per heavy atom. The van der Waals surface area contributed by atoms with Gasteiger partial charge in [0.15, 0.2) is 5.65 Å². The number of hydrogen-bond acceptors (Lipinski definition) is 4. The molecule has 158 valence electrons. The Hall–Kier alpha value is -3.23. The molecule has 0 aliphatic carbocycles. The maximum atomic E-state index is 13.4. The van der Waals surface area contributed by atoms with E-state index in [0.29, 0.717) is 33.7 Å². The van der Waals surface area contributed by atoms with Crippen molar-refractivity contribution in [3.63, 3.8) is 0 Å². The number of carbonyl (C=O) groups excluding carboxylic acids is 1. The highest BCUT2D eigenvalue weighted by Crippen LogP contribution is 2.20. The van der Waals surface area contributed by atoms with Crippen molar-refractivity contribution in [1.29, 1.82) is 0 Å². The maximum absolute atomic E-state index is 13.4. The summed E-state index contributed by atoms with van der Waals surface area (Å²) in [5, 5.41) is 8.00. The molecule has 0 fully saturated rings. The number of hydrogen-bond donors (Lipinski definition) is 1. The fourth-order valence-electron chi connectivity index (χ4n) is 3.15. The van der Waals surface area contributed by atoms with Gasteiger partial charge in [0.2, 0.25) is 0 Å². The van der Waals surface area contributed by atoms with Crippen LogP contribution in [-0.2, 0) is 13.1 Å².